The molecule has 11 nitrogen and oxygen atoms in total. The first-order valence-electron chi connectivity index (χ1n) is 16.9. The SMILES string of the molecule is CC(=O)NC(CS(=O)(=O)c1cccc2ccccc12)C(=O)N[C@@H](Cc1ccccc1)[C@H](O)C(=O)N1CSC(C)(C)[C@H]1C(=O)NCc1ccccc1C. The van der Waals surface area contributed by atoms with Gasteiger partial charge in [0.15, 0.2) is 15.9 Å². The molecule has 13 heteroatoms. The molecule has 1 aliphatic rings. The number of hydrogen-bond acceptors (Lipinski definition) is 8. The topological polar surface area (TPSA) is 162 Å². The van der Waals surface area contributed by atoms with Gasteiger partial charge in [0.1, 0.15) is 12.1 Å². The number of rotatable bonds is 13. The van der Waals surface area contributed by atoms with Crippen molar-refractivity contribution in [2.24, 2.45) is 0 Å². The number of nitrogens with zero attached hydrogens (tertiary/aromatic N) is 1. The van der Waals surface area contributed by atoms with Crippen LogP contribution in [0.1, 0.15) is 37.5 Å². The fraction of sp³-hybridized carbons (Fsp3) is 0.333. The van der Waals surface area contributed by atoms with E-state index in [1.165, 1.54) is 29.7 Å². The van der Waals surface area contributed by atoms with Crippen molar-refractivity contribution in [2.75, 3.05) is 11.6 Å². The monoisotopic (exact) mass is 744 g/mol. The largest absolute Gasteiger partial charge is 0.381 e. The fourth-order valence-corrected chi connectivity index (χ4v) is 9.24. The Balaban J connectivity index is 1.39. The number of sulfone groups is 1. The number of hydrogen-bond donors (Lipinski definition) is 4. The van der Waals surface area contributed by atoms with E-state index in [9.17, 15) is 32.7 Å². The van der Waals surface area contributed by atoms with Crippen LogP contribution in [0.5, 0.6) is 0 Å². The Hall–Kier alpha value is -4.72. The number of thioether (sulfide) groups is 1. The van der Waals surface area contributed by atoms with Gasteiger partial charge < -0.3 is 26.0 Å². The van der Waals surface area contributed by atoms with Crippen LogP contribution < -0.4 is 16.0 Å². The number of aliphatic hydroxyl groups excluding tert-OH is 1. The summed E-state index contributed by atoms with van der Waals surface area (Å²) in [7, 11) is -4.14. The molecule has 0 aromatic heterocycles. The summed E-state index contributed by atoms with van der Waals surface area (Å²) < 4.78 is 26.9. The number of benzene rings is 4. The maximum atomic E-state index is 14.1. The Bertz CT molecular complexity index is 2050. The minimum Gasteiger partial charge on any atom is -0.381 e. The molecule has 0 bridgehead atoms. The molecule has 4 amide bonds. The summed E-state index contributed by atoms with van der Waals surface area (Å²) in [5, 5.41) is 20.9. The van der Waals surface area contributed by atoms with Crippen LogP contribution in [0.4, 0.5) is 0 Å². The molecule has 0 radical (unpaired) electrons. The lowest BCUT2D eigenvalue weighted by Gasteiger charge is -2.33. The first kappa shape index (κ1) is 38.5. The van der Waals surface area contributed by atoms with Gasteiger partial charge >= 0.3 is 0 Å². The average Bonchev–Trinajstić information content (AvgIpc) is 3.44. The van der Waals surface area contributed by atoms with Gasteiger partial charge in [0.25, 0.3) is 5.91 Å². The Morgan fingerprint density at radius 1 is 0.904 bits per heavy atom. The van der Waals surface area contributed by atoms with E-state index in [1.807, 2.05) is 45.0 Å². The zero-order chi connectivity index (χ0) is 37.6. The Labute approximate surface area is 308 Å². The molecule has 52 heavy (non-hydrogen) atoms. The predicted molar refractivity (Wildman–Crippen MR) is 202 cm³/mol. The lowest BCUT2D eigenvalue weighted by Crippen LogP contribution is -2.60. The van der Waals surface area contributed by atoms with E-state index in [1.54, 1.807) is 66.7 Å². The van der Waals surface area contributed by atoms with Gasteiger partial charge in [0.05, 0.1) is 22.6 Å². The number of aryl methyl sites for hydroxylation is 1. The quantitative estimate of drug-likeness (QED) is 0.162. The third kappa shape index (κ3) is 9.01. The molecule has 4 aromatic carbocycles. The molecular formula is C39H44N4O7S2. The maximum absolute atomic E-state index is 14.1. The normalized spacial score (nSPS) is 17.2. The van der Waals surface area contributed by atoms with Crippen LogP contribution in [-0.2, 0) is 42.0 Å². The van der Waals surface area contributed by atoms with E-state index < -0.39 is 62.3 Å². The fourth-order valence-electron chi connectivity index (χ4n) is 6.44. The molecule has 4 aromatic rings. The molecule has 1 aliphatic heterocycles. The summed E-state index contributed by atoms with van der Waals surface area (Å²) in [4.78, 5) is 55.3. The Kier molecular flexibility index (Phi) is 12.1. The molecule has 1 unspecified atom stereocenters. The highest BCUT2D eigenvalue weighted by molar-refractivity contribution is 8.00. The van der Waals surface area contributed by atoms with Crippen molar-refractivity contribution in [1.29, 1.82) is 0 Å². The summed E-state index contributed by atoms with van der Waals surface area (Å²) in [6, 6.07) is 24.6. The lowest BCUT2D eigenvalue weighted by molar-refractivity contribution is -0.148. The van der Waals surface area contributed by atoms with Gasteiger partial charge in [-0.25, -0.2) is 8.42 Å². The van der Waals surface area contributed by atoms with Gasteiger partial charge in [-0.1, -0.05) is 91.0 Å². The smallest absolute Gasteiger partial charge is 0.254 e. The van der Waals surface area contributed by atoms with Gasteiger partial charge in [-0.05, 0) is 55.3 Å². The van der Waals surface area contributed by atoms with E-state index >= 15 is 0 Å². The molecule has 1 heterocycles. The Morgan fingerprint density at radius 2 is 1.56 bits per heavy atom. The van der Waals surface area contributed by atoms with Gasteiger partial charge in [0, 0.05) is 23.6 Å². The molecule has 1 fully saturated rings. The van der Waals surface area contributed by atoms with Gasteiger partial charge in [-0.2, -0.15) is 0 Å². The molecule has 0 aliphatic carbocycles. The van der Waals surface area contributed by atoms with Crippen LogP contribution in [0.3, 0.4) is 0 Å². The van der Waals surface area contributed by atoms with Gasteiger partial charge in [-0.15, -0.1) is 11.8 Å². The summed E-state index contributed by atoms with van der Waals surface area (Å²) >= 11 is 1.39. The van der Waals surface area contributed by atoms with E-state index in [4.69, 9.17) is 0 Å². The first-order valence-corrected chi connectivity index (χ1v) is 19.6. The lowest BCUT2D eigenvalue weighted by atomic mass is 9.97. The number of carbonyl (C=O) groups is 4. The number of nitrogens with one attached hydrogen (secondary N) is 3. The van der Waals surface area contributed by atoms with Crippen molar-refractivity contribution >= 4 is 56.0 Å². The third-order valence-corrected chi connectivity index (χ3v) is 12.4. The van der Waals surface area contributed by atoms with Crippen LogP contribution in [0.2, 0.25) is 0 Å². The molecule has 0 saturated carbocycles. The molecule has 4 atom stereocenters. The van der Waals surface area contributed by atoms with Crippen molar-refractivity contribution in [1.82, 2.24) is 20.9 Å². The number of amides is 4. The Morgan fingerprint density at radius 3 is 2.27 bits per heavy atom. The highest BCUT2D eigenvalue weighted by Gasteiger charge is 2.50. The highest BCUT2D eigenvalue weighted by Crippen LogP contribution is 2.40. The molecule has 274 valence electrons. The van der Waals surface area contributed by atoms with Crippen molar-refractivity contribution < 1.29 is 32.7 Å². The second-order valence-corrected chi connectivity index (χ2v) is 17.1. The molecule has 1 saturated heterocycles. The van der Waals surface area contributed by atoms with Crippen LogP contribution in [0, 0.1) is 6.92 Å². The van der Waals surface area contributed by atoms with E-state index in [2.05, 4.69) is 16.0 Å². The van der Waals surface area contributed by atoms with Gasteiger partial charge in [0.2, 0.25) is 17.7 Å². The third-order valence-electron chi connectivity index (χ3n) is 9.22. The summed E-state index contributed by atoms with van der Waals surface area (Å²) in [6.45, 7) is 7.08. The number of carbonyl (C=O) groups excluding carboxylic acids is 4. The number of fused-ring (bicyclic) bond motifs is 1. The number of aliphatic hydroxyl groups is 1. The first-order chi connectivity index (χ1) is 24.7. The van der Waals surface area contributed by atoms with Crippen molar-refractivity contribution in [3.05, 3.63) is 114 Å². The zero-order valence-corrected chi connectivity index (χ0v) is 31.2. The van der Waals surface area contributed by atoms with Crippen LogP contribution >= 0.6 is 11.8 Å². The highest BCUT2D eigenvalue weighted by atomic mass is 32.2. The molecular weight excluding hydrogens is 701 g/mol. The van der Waals surface area contributed by atoms with Crippen molar-refractivity contribution in [3.63, 3.8) is 0 Å². The second-order valence-electron chi connectivity index (χ2n) is 13.5. The van der Waals surface area contributed by atoms with Gasteiger partial charge in [-0.3, -0.25) is 19.2 Å². The van der Waals surface area contributed by atoms with E-state index in [-0.39, 0.29) is 29.6 Å². The summed E-state index contributed by atoms with van der Waals surface area (Å²) in [5.74, 6) is -3.33. The summed E-state index contributed by atoms with van der Waals surface area (Å²) in [6.07, 6.45) is -1.82. The van der Waals surface area contributed by atoms with Crippen molar-refractivity contribution in [2.45, 2.75) is 74.5 Å². The molecule has 5 rings (SSSR count). The second kappa shape index (κ2) is 16.3. The van der Waals surface area contributed by atoms with Crippen LogP contribution in [0.15, 0.2) is 102 Å². The summed E-state index contributed by atoms with van der Waals surface area (Å²) in [5.41, 5.74) is 2.62. The standard InChI is InChI=1S/C39H44N4O7S2/c1-25-13-8-9-17-29(25)22-40-37(47)35-39(3,4)51-24-43(35)38(48)34(45)31(21-27-14-6-5-7-15-27)42-36(46)32(41-26(2)44)23-52(49,50)33-20-12-18-28-16-10-11-19-30(28)33/h5-20,31-32,34-35,45H,21-24H2,1-4H3,(H,40,47)(H,41,44)(H,42,46)/t31-,32?,34-,35+/m0/s1. The van der Waals surface area contributed by atoms with E-state index in [0.717, 1.165) is 11.1 Å². The molecule has 4 N–H and O–H groups in total. The van der Waals surface area contributed by atoms with E-state index in [0.29, 0.717) is 16.3 Å². The minimum atomic E-state index is -4.14. The minimum absolute atomic E-state index is 0.00310. The van der Waals surface area contributed by atoms with Crippen LogP contribution in [0.25, 0.3) is 10.8 Å². The average molecular weight is 745 g/mol. The molecule has 0 spiro atoms. The van der Waals surface area contributed by atoms with Crippen LogP contribution in [-0.4, -0.2) is 82.7 Å². The predicted octanol–water partition coefficient (Wildman–Crippen LogP) is 3.51. The van der Waals surface area contributed by atoms with Crippen molar-refractivity contribution in [3.8, 4) is 0 Å². The zero-order valence-electron chi connectivity index (χ0n) is 29.5. The maximum Gasteiger partial charge on any atom is 0.254 e.